The minimum atomic E-state index is -0.182. The van der Waals surface area contributed by atoms with Crippen LogP contribution in [-0.2, 0) is 0 Å². The SMILES string of the molecule is Nc1nc2ccc(C(=O)NCC3CC(O)C3)cc2s1. The summed E-state index contributed by atoms with van der Waals surface area (Å²) in [6, 6.07) is 5.38. The lowest BCUT2D eigenvalue weighted by Crippen LogP contribution is -2.38. The Bertz CT molecular complexity index is 619. The number of carbonyl (C=O) groups excluding carboxylic acids is 1. The zero-order valence-electron chi connectivity index (χ0n) is 10.3. The van der Waals surface area contributed by atoms with Crippen molar-refractivity contribution in [2.24, 2.45) is 5.92 Å². The number of nitrogens with zero attached hydrogens (tertiary/aromatic N) is 1. The largest absolute Gasteiger partial charge is 0.393 e. The Morgan fingerprint density at radius 2 is 2.32 bits per heavy atom. The van der Waals surface area contributed by atoms with Gasteiger partial charge in [0.2, 0.25) is 0 Å². The molecule has 1 aromatic heterocycles. The van der Waals surface area contributed by atoms with Gasteiger partial charge in [-0.1, -0.05) is 11.3 Å². The van der Waals surface area contributed by atoms with E-state index in [-0.39, 0.29) is 12.0 Å². The zero-order valence-corrected chi connectivity index (χ0v) is 11.1. The Labute approximate surface area is 114 Å². The maximum Gasteiger partial charge on any atom is 0.251 e. The van der Waals surface area contributed by atoms with Crippen molar-refractivity contribution in [1.29, 1.82) is 0 Å². The number of aliphatic hydroxyl groups excluding tert-OH is 1. The maximum absolute atomic E-state index is 12.0. The topological polar surface area (TPSA) is 88.2 Å². The number of thiazole rings is 1. The van der Waals surface area contributed by atoms with Gasteiger partial charge in [-0.05, 0) is 37.0 Å². The van der Waals surface area contributed by atoms with Crippen LogP contribution in [0.3, 0.4) is 0 Å². The van der Waals surface area contributed by atoms with Gasteiger partial charge >= 0.3 is 0 Å². The van der Waals surface area contributed by atoms with Crippen molar-refractivity contribution < 1.29 is 9.90 Å². The molecular formula is C13H15N3O2S. The molecular weight excluding hydrogens is 262 g/mol. The van der Waals surface area contributed by atoms with Gasteiger partial charge in [0.15, 0.2) is 5.13 Å². The van der Waals surface area contributed by atoms with Crippen molar-refractivity contribution in [1.82, 2.24) is 10.3 Å². The summed E-state index contributed by atoms with van der Waals surface area (Å²) in [5, 5.41) is 12.6. The Hall–Kier alpha value is -1.66. The van der Waals surface area contributed by atoms with Gasteiger partial charge in [-0.15, -0.1) is 0 Å². The van der Waals surface area contributed by atoms with Gasteiger partial charge < -0.3 is 16.2 Å². The summed E-state index contributed by atoms with van der Waals surface area (Å²) in [5.41, 5.74) is 7.08. The second kappa shape index (κ2) is 4.79. The molecule has 1 aliphatic rings. The highest BCUT2D eigenvalue weighted by Gasteiger charge is 2.27. The monoisotopic (exact) mass is 277 g/mol. The third-order valence-corrected chi connectivity index (χ3v) is 4.28. The summed E-state index contributed by atoms with van der Waals surface area (Å²) in [5.74, 6) is 0.317. The molecule has 0 radical (unpaired) electrons. The van der Waals surface area contributed by atoms with Crippen LogP contribution >= 0.6 is 11.3 Å². The fourth-order valence-corrected chi connectivity index (χ4v) is 3.06. The van der Waals surface area contributed by atoms with Crippen LogP contribution in [0.1, 0.15) is 23.2 Å². The number of hydrogen-bond donors (Lipinski definition) is 3. The predicted octanol–water partition coefficient (Wildman–Crippen LogP) is 1.38. The number of anilines is 1. The van der Waals surface area contributed by atoms with E-state index >= 15 is 0 Å². The summed E-state index contributed by atoms with van der Waals surface area (Å²) in [4.78, 5) is 16.2. The van der Waals surface area contributed by atoms with E-state index in [2.05, 4.69) is 10.3 Å². The average Bonchev–Trinajstić information content (AvgIpc) is 2.71. The van der Waals surface area contributed by atoms with Crippen molar-refractivity contribution >= 4 is 32.6 Å². The number of benzene rings is 1. The van der Waals surface area contributed by atoms with E-state index < -0.39 is 0 Å². The minimum Gasteiger partial charge on any atom is -0.393 e. The van der Waals surface area contributed by atoms with Gasteiger partial charge in [-0.3, -0.25) is 4.79 Å². The number of amides is 1. The second-order valence-electron chi connectivity index (χ2n) is 4.94. The third-order valence-electron chi connectivity index (χ3n) is 3.43. The van der Waals surface area contributed by atoms with E-state index in [1.165, 1.54) is 11.3 Å². The highest BCUT2D eigenvalue weighted by atomic mass is 32.1. The third kappa shape index (κ3) is 2.54. The highest BCUT2D eigenvalue weighted by Crippen LogP contribution is 2.27. The molecule has 100 valence electrons. The molecule has 1 saturated carbocycles. The standard InChI is InChI=1S/C13H15N3O2S/c14-13-16-10-2-1-8(5-11(10)19-13)12(18)15-6-7-3-9(17)4-7/h1-2,5,7,9,17H,3-4,6H2,(H2,14,16)(H,15,18). The summed E-state index contributed by atoms with van der Waals surface area (Å²) in [7, 11) is 0. The molecule has 2 aromatic rings. The van der Waals surface area contributed by atoms with Crippen LogP contribution in [0.2, 0.25) is 0 Å². The first-order valence-corrected chi connectivity index (χ1v) is 7.06. The first-order valence-electron chi connectivity index (χ1n) is 6.24. The Morgan fingerprint density at radius 1 is 1.53 bits per heavy atom. The lowest BCUT2D eigenvalue weighted by Gasteiger charge is -2.31. The van der Waals surface area contributed by atoms with E-state index in [9.17, 15) is 9.90 Å². The summed E-state index contributed by atoms with van der Waals surface area (Å²) in [6.07, 6.45) is 1.38. The number of aliphatic hydroxyl groups is 1. The number of rotatable bonds is 3. The molecule has 1 fully saturated rings. The van der Waals surface area contributed by atoms with Crippen molar-refractivity contribution in [3.8, 4) is 0 Å². The molecule has 0 bridgehead atoms. The van der Waals surface area contributed by atoms with E-state index in [1.807, 2.05) is 12.1 Å². The van der Waals surface area contributed by atoms with E-state index in [1.54, 1.807) is 6.07 Å². The predicted molar refractivity (Wildman–Crippen MR) is 75.1 cm³/mol. The molecule has 0 atom stereocenters. The van der Waals surface area contributed by atoms with Gasteiger partial charge in [0.05, 0.1) is 16.3 Å². The molecule has 1 aliphatic carbocycles. The molecule has 1 amide bonds. The van der Waals surface area contributed by atoms with Crippen molar-refractivity contribution in [3.05, 3.63) is 23.8 Å². The molecule has 5 nitrogen and oxygen atoms in total. The first kappa shape index (κ1) is 12.4. The number of fused-ring (bicyclic) bond motifs is 1. The number of hydrogen-bond acceptors (Lipinski definition) is 5. The van der Waals surface area contributed by atoms with Gasteiger partial charge in [0.25, 0.3) is 5.91 Å². The van der Waals surface area contributed by atoms with Crippen LogP contribution in [-0.4, -0.2) is 28.6 Å². The van der Waals surface area contributed by atoms with Crippen LogP contribution in [0.15, 0.2) is 18.2 Å². The highest BCUT2D eigenvalue weighted by molar-refractivity contribution is 7.22. The van der Waals surface area contributed by atoms with Gasteiger partial charge in [-0.2, -0.15) is 0 Å². The van der Waals surface area contributed by atoms with Gasteiger partial charge in [-0.25, -0.2) is 4.98 Å². The second-order valence-corrected chi connectivity index (χ2v) is 6.00. The molecule has 0 saturated heterocycles. The van der Waals surface area contributed by atoms with Crippen LogP contribution in [0.4, 0.5) is 5.13 Å². The normalized spacial score (nSPS) is 22.2. The molecule has 0 unspecified atom stereocenters. The molecule has 3 rings (SSSR count). The molecule has 1 aromatic carbocycles. The quantitative estimate of drug-likeness (QED) is 0.791. The summed E-state index contributed by atoms with van der Waals surface area (Å²) >= 11 is 1.38. The molecule has 0 spiro atoms. The molecule has 6 heteroatoms. The smallest absolute Gasteiger partial charge is 0.251 e. The summed E-state index contributed by atoms with van der Waals surface area (Å²) < 4.78 is 0.921. The van der Waals surface area contributed by atoms with E-state index in [0.29, 0.717) is 23.2 Å². The van der Waals surface area contributed by atoms with E-state index in [4.69, 9.17) is 5.73 Å². The first-order chi connectivity index (χ1) is 9.11. The number of nitrogens with one attached hydrogen (secondary N) is 1. The van der Waals surface area contributed by atoms with Gasteiger partial charge in [0.1, 0.15) is 0 Å². The lowest BCUT2D eigenvalue weighted by atomic mass is 9.82. The van der Waals surface area contributed by atoms with Crippen molar-refractivity contribution in [2.75, 3.05) is 12.3 Å². The van der Waals surface area contributed by atoms with Crippen molar-refractivity contribution in [2.45, 2.75) is 18.9 Å². The average molecular weight is 277 g/mol. The minimum absolute atomic E-state index is 0.0877. The van der Waals surface area contributed by atoms with Gasteiger partial charge in [0, 0.05) is 12.1 Å². The lowest BCUT2D eigenvalue weighted by molar-refractivity contribution is 0.0420. The Balaban J connectivity index is 1.67. The van der Waals surface area contributed by atoms with Crippen LogP contribution in [0.25, 0.3) is 10.2 Å². The van der Waals surface area contributed by atoms with Crippen LogP contribution in [0, 0.1) is 5.92 Å². The maximum atomic E-state index is 12.0. The fourth-order valence-electron chi connectivity index (χ4n) is 2.29. The zero-order chi connectivity index (χ0) is 13.4. The summed E-state index contributed by atoms with van der Waals surface area (Å²) in [6.45, 7) is 0.624. The molecule has 4 N–H and O–H groups in total. The number of carbonyl (C=O) groups is 1. The fraction of sp³-hybridized carbons (Fsp3) is 0.385. The number of aromatic nitrogens is 1. The Morgan fingerprint density at radius 3 is 3.05 bits per heavy atom. The number of nitrogen functional groups attached to an aromatic ring is 1. The van der Waals surface area contributed by atoms with E-state index in [0.717, 1.165) is 23.1 Å². The molecule has 19 heavy (non-hydrogen) atoms. The van der Waals surface area contributed by atoms with Crippen LogP contribution in [0.5, 0.6) is 0 Å². The van der Waals surface area contributed by atoms with Crippen molar-refractivity contribution in [3.63, 3.8) is 0 Å². The Kier molecular flexibility index (Phi) is 3.12. The van der Waals surface area contributed by atoms with Crippen LogP contribution < -0.4 is 11.1 Å². The number of nitrogens with two attached hydrogens (primary N) is 1. The molecule has 0 aliphatic heterocycles. The molecule has 1 heterocycles.